The molecule has 0 N–H and O–H groups in total. The van der Waals surface area contributed by atoms with Crippen LogP contribution >= 0.6 is 0 Å². The molecule has 1 fully saturated rings. The van der Waals surface area contributed by atoms with Crippen molar-refractivity contribution in [2.45, 2.75) is 25.5 Å². The second-order valence-electron chi connectivity index (χ2n) is 2.95. The molecule has 1 aromatic rings. The summed E-state index contributed by atoms with van der Waals surface area (Å²) >= 11 is 0. The molecular weight excluding hydrogens is 138 g/mol. The topological polar surface area (TPSA) is 14.2 Å². The number of hydrogen-bond acceptors (Lipinski definition) is 1. The van der Waals surface area contributed by atoms with E-state index in [9.17, 15) is 0 Å². The summed E-state index contributed by atoms with van der Waals surface area (Å²) in [5, 5.41) is 0. The minimum absolute atomic E-state index is 0.304. The first-order valence-corrected chi connectivity index (χ1v) is 4.21. The van der Waals surface area contributed by atoms with Crippen LogP contribution in [0.4, 0.5) is 0 Å². The van der Waals surface area contributed by atoms with Gasteiger partial charge in [0.15, 0.2) is 0 Å². The third kappa shape index (κ3) is 1.46. The zero-order valence-electron chi connectivity index (χ0n) is 6.57. The average molecular weight is 151 g/mol. The van der Waals surface area contributed by atoms with Gasteiger partial charge in [-0.25, -0.2) is 0 Å². The van der Waals surface area contributed by atoms with Crippen LogP contribution in [0.15, 0.2) is 24.5 Å². The highest BCUT2D eigenvalue weighted by molar-refractivity contribution is 4.91. The third-order valence-electron chi connectivity index (χ3n) is 2.12. The largest absolute Gasteiger partial charge is 0.358 e. The molecular formula is C9H13NO. The summed E-state index contributed by atoms with van der Waals surface area (Å²) in [4.78, 5) is 0. The van der Waals surface area contributed by atoms with E-state index in [0.29, 0.717) is 6.23 Å². The quantitative estimate of drug-likeness (QED) is 0.600. The molecule has 0 radical (unpaired) electrons. The highest BCUT2D eigenvalue weighted by atomic mass is 16.5. The monoisotopic (exact) mass is 151 g/mol. The lowest BCUT2D eigenvalue weighted by Crippen LogP contribution is -2.16. The van der Waals surface area contributed by atoms with Gasteiger partial charge < -0.3 is 9.30 Å². The van der Waals surface area contributed by atoms with Crippen LogP contribution in [0.2, 0.25) is 0 Å². The smallest absolute Gasteiger partial charge is 0.133 e. The molecule has 0 saturated carbocycles. The molecule has 1 saturated heterocycles. The maximum Gasteiger partial charge on any atom is 0.133 e. The van der Waals surface area contributed by atoms with E-state index in [1.165, 1.54) is 12.8 Å². The lowest BCUT2D eigenvalue weighted by atomic mass is 10.2. The second kappa shape index (κ2) is 3.09. The lowest BCUT2D eigenvalue weighted by molar-refractivity contribution is -0.0317. The molecule has 1 aliphatic heterocycles. The Morgan fingerprint density at radius 3 is 2.64 bits per heavy atom. The minimum Gasteiger partial charge on any atom is -0.358 e. The molecule has 1 unspecified atom stereocenters. The Morgan fingerprint density at radius 2 is 2.00 bits per heavy atom. The zero-order chi connectivity index (χ0) is 7.52. The zero-order valence-corrected chi connectivity index (χ0v) is 6.57. The molecule has 1 aromatic heterocycles. The van der Waals surface area contributed by atoms with Crippen LogP contribution in [0.3, 0.4) is 0 Å². The first kappa shape index (κ1) is 6.92. The molecule has 60 valence electrons. The van der Waals surface area contributed by atoms with Crippen molar-refractivity contribution in [3.05, 3.63) is 24.5 Å². The summed E-state index contributed by atoms with van der Waals surface area (Å²) in [5.74, 6) is 0. The molecule has 1 atom stereocenters. The molecule has 0 aromatic carbocycles. The SMILES string of the molecule is c1ccn(C2CCCCO2)c1. The van der Waals surface area contributed by atoms with Crippen molar-refractivity contribution in [3.8, 4) is 0 Å². The molecule has 2 heterocycles. The predicted octanol–water partition coefficient (Wildman–Crippen LogP) is 2.19. The predicted molar refractivity (Wildman–Crippen MR) is 43.3 cm³/mol. The van der Waals surface area contributed by atoms with E-state index >= 15 is 0 Å². The molecule has 0 aliphatic carbocycles. The van der Waals surface area contributed by atoms with E-state index in [2.05, 4.69) is 17.0 Å². The highest BCUT2D eigenvalue weighted by Gasteiger charge is 2.13. The fourth-order valence-electron chi connectivity index (χ4n) is 1.50. The van der Waals surface area contributed by atoms with Gasteiger partial charge in [-0.15, -0.1) is 0 Å². The van der Waals surface area contributed by atoms with E-state index in [-0.39, 0.29) is 0 Å². The fourth-order valence-corrected chi connectivity index (χ4v) is 1.50. The molecule has 0 spiro atoms. The van der Waals surface area contributed by atoms with Crippen LogP contribution in [-0.4, -0.2) is 11.2 Å². The van der Waals surface area contributed by atoms with Gasteiger partial charge in [0.1, 0.15) is 6.23 Å². The van der Waals surface area contributed by atoms with E-state index in [4.69, 9.17) is 4.74 Å². The Kier molecular flexibility index (Phi) is 1.95. The van der Waals surface area contributed by atoms with Gasteiger partial charge >= 0.3 is 0 Å². The molecule has 11 heavy (non-hydrogen) atoms. The number of nitrogens with zero attached hydrogens (tertiary/aromatic N) is 1. The van der Waals surface area contributed by atoms with Crippen molar-refractivity contribution in [2.75, 3.05) is 6.61 Å². The van der Waals surface area contributed by atoms with Crippen molar-refractivity contribution >= 4 is 0 Å². The van der Waals surface area contributed by atoms with E-state index < -0.39 is 0 Å². The summed E-state index contributed by atoms with van der Waals surface area (Å²) < 4.78 is 7.72. The van der Waals surface area contributed by atoms with Crippen molar-refractivity contribution in [3.63, 3.8) is 0 Å². The summed E-state index contributed by atoms with van der Waals surface area (Å²) in [5.41, 5.74) is 0. The van der Waals surface area contributed by atoms with Crippen LogP contribution in [0.1, 0.15) is 25.5 Å². The van der Waals surface area contributed by atoms with Crippen molar-refractivity contribution in [1.82, 2.24) is 4.57 Å². The Bertz CT molecular complexity index is 199. The first-order valence-electron chi connectivity index (χ1n) is 4.21. The van der Waals surface area contributed by atoms with Crippen molar-refractivity contribution < 1.29 is 4.74 Å². The van der Waals surface area contributed by atoms with Gasteiger partial charge in [0, 0.05) is 19.0 Å². The normalized spacial score (nSPS) is 25.3. The van der Waals surface area contributed by atoms with Gasteiger partial charge in [-0.1, -0.05) is 0 Å². The third-order valence-corrected chi connectivity index (χ3v) is 2.12. The maximum absolute atomic E-state index is 5.59. The second-order valence-corrected chi connectivity index (χ2v) is 2.95. The van der Waals surface area contributed by atoms with Gasteiger partial charge in [0.25, 0.3) is 0 Å². The fraction of sp³-hybridized carbons (Fsp3) is 0.556. The van der Waals surface area contributed by atoms with Crippen LogP contribution in [0, 0.1) is 0 Å². The molecule has 1 aliphatic rings. The molecule has 0 amide bonds. The van der Waals surface area contributed by atoms with E-state index in [1.807, 2.05) is 12.1 Å². The molecule has 2 rings (SSSR count). The van der Waals surface area contributed by atoms with Gasteiger partial charge in [-0.2, -0.15) is 0 Å². The van der Waals surface area contributed by atoms with E-state index in [1.54, 1.807) is 0 Å². The Balaban J connectivity index is 2.04. The number of aromatic nitrogens is 1. The van der Waals surface area contributed by atoms with Crippen LogP contribution < -0.4 is 0 Å². The van der Waals surface area contributed by atoms with Gasteiger partial charge in [-0.3, -0.25) is 0 Å². The van der Waals surface area contributed by atoms with Gasteiger partial charge in [-0.05, 0) is 31.4 Å². The summed E-state index contributed by atoms with van der Waals surface area (Å²) in [6, 6.07) is 4.08. The molecule has 2 nitrogen and oxygen atoms in total. The minimum atomic E-state index is 0.304. The molecule has 0 bridgehead atoms. The first-order chi connectivity index (χ1) is 5.47. The standard InChI is InChI=1S/C9H13NO/c1-4-8-11-9(5-1)10-6-2-3-7-10/h2-3,6-7,9H,1,4-5,8H2. The average Bonchev–Trinajstić information content (AvgIpc) is 2.58. The Labute approximate surface area is 66.8 Å². The summed E-state index contributed by atoms with van der Waals surface area (Å²) in [6.45, 7) is 0.919. The van der Waals surface area contributed by atoms with Crippen molar-refractivity contribution in [2.24, 2.45) is 0 Å². The van der Waals surface area contributed by atoms with Crippen LogP contribution in [0.5, 0.6) is 0 Å². The lowest BCUT2D eigenvalue weighted by Gasteiger charge is -2.23. The number of rotatable bonds is 1. The Morgan fingerprint density at radius 1 is 1.18 bits per heavy atom. The van der Waals surface area contributed by atoms with Crippen LogP contribution in [0.25, 0.3) is 0 Å². The molecule has 2 heteroatoms. The van der Waals surface area contributed by atoms with E-state index in [0.717, 1.165) is 13.0 Å². The highest BCUT2D eigenvalue weighted by Crippen LogP contribution is 2.21. The van der Waals surface area contributed by atoms with Crippen molar-refractivity contribution in [1.29, 1.82) is 0 Å². The maximum atomic E-state index is 5.59. The number of ether oxygens (including phenoxy) is 1. The van der Waals surface area contributed by atoms with Gasteiger partial charge in [0.2, 0.25) is 0 Å². The summed E-state index contributed by atoms with van der Waals surface area (Å²) in [7, 11) is 0. The summed E-state index contributed by atoms with van der Waals surface area (Å²) in [6.07, 6.45) is 8.11. The number of hydrogen-bond donors (Lipinski definition) is 0. The Hall–Kier alpha value is -0.760. The van der Waals surface area contributed by atoms with Gasteiger partial charge in [0.05, 0.1) is 0 Å². The van der Waals surface area contributed by atoms with Crippen LogP contribution in [-0.2, 0) is 4.74 Å².